The number of esters is 1. The maximum Gasteiger partial charge on any atom is 0.330 e. The third-order valence-electron chi connectivity index (χ3n) is 3.82. The Morgan fingerprint density at radius 2 is 1.81 bits per heavy atom. The van der Waals surface area contributed by atoms with Crippen molar-refractivity contribution in [3.05, 3.63) is 48.0 Å². The first-order valence-corrected chi connectivity index (χ1v) is 10.1. The van der Waals surface area contributed by atoms with Crippen LogP contribution in [0.2, 0.25) is 18.1 Å². The van der Waals surface area contributed by atoms with Crippen LogP contribution in [0.3, 0.4) is 0 Å². The van der Waals surface area contributed by atoms with Gasteiger partial charge in [-0.3, -0.25) is 0 Å². The van der Waals surface area contributed by atoms with Crippen LogP contribution < -0.4 is 0 Å². The van der Waals surface area contributed by atoms with Crippen LogP contribution in [0.25, 0.3) is 0 Å². The summed E-state index contributed by atoms with van der Waals surface area (Å²) in [4.78, 5) is 11.6. The third-order valence-corrected chi connectivity index (χ3v) is 8.33. The predicted octanol–water partition coefficient (Wildman–Crippen LogP) is 4.31. The molecule has 0 aromatic heterocycles. The van der Waals surface area contributed by atoms with Crippen molar-refractivity contribution < 1.29 is 14.0 Å². The molecule has 0 amide bonds. The van der Waals surface area contributed by atoms with Crippen molar-refractivity contribution in [2.24, 2.45) is 0 Å². The molecule has 4 heteroatoms. The molecule has 116 valence electrons. The maximum atomic E-state index is 11.6. The van der Waals surface area contributed by atoms with Gasteiger partial charge in [0.15, 0.2) is 8.32 Å². The monoisotopic (exact) mass is 306 g/mol. The largest absolute Gasteiger partial charge is 0.458 e. The first-order valence-electron chi connectivity index (χ1n) is 7.23. The fourth-order valence-electron chi connectivity index (χ4n) is 1.39. The van der Waals surface area contributed by atoms with Gasteiger partial charge < -0.3 is 9.16 Å². The molecule has 0 aliphatic heterocycles. The van der Waals surface area contributed by atoms with Gasteiger partial charge in [0, 0.05) is 6.08 Å². The molecule has 3 nitrogen and oxygen atoms in total. The minimum absolute atomic E-state index is 0.175. The summed E-state index contributed by atoms with van der Waals surface area (Å²) in [6.07, 6.45) is 3.17. The van der Waals surface area contributed by atoms with Gasteiger partial charge in [0.1, 0.15) is 6.61 Å². The van der Waals surface area contributed by atoms with Gasteiger partial charge in [-0.2, -0.15) is 0 Å². The van der Waals surface area contributed by atoms with Gasteiger partial charge in [-0.1, -0.05) is 57.2 Å². The molecule has 0 radical (unpaired) electrons. The zero-order valence-corrected chi connectivity index (χ0v) is 14.7. The minimum Gasteiger partial charge on any atom is -0.458 e. The number of rotatable bonds is 6. The number of ether oxygens (including phenoxy) is 1. The van der Waals surface area contributed by atoms with E-state index in [-0.39, 0.29) is 11.0 Å². The summed E-state index contributed by atoms with van der Waals surface area (Å²) in [7, 11) is -1.75. The van der Waals surface area contributed by atoms with E-state index in [4.69, 9.17) is 9.16 Å². The topological polar surface area (TPSA) is 35.5 Å². The lowest BCUT2D eigenvalue weighted by atomic mass is 10.2. The van der Waals surface area contributed by atoms with E-state index in [2.05, 4.69) is 33.9 Å². The average Bonchev–Trinajstić information content (AvgIpc) is 2.41. The predicted molar refractivity (Wildman–Crippen MR) is 88.5 cm³/mol. The second-order valence-electron chi connectivity index (χ2n) is 6.57. The van der Waals surface area contributed by atoms with Crippen LogP contribution in [-0.2, 0) is 20.6 Å². The van der Waals surface area contributed by atoms with Crippen molar-refractivity contribution in [2.75, 3.05) is 6.61 Å². The molecule has 0 N–H and O–H groups in total. The van der Waals surface area contributed by atoms with Crippen molar-refractivity contribution >= 4 is 14.3 Å². The zero-order chi connectivity index (χ0) is 15.9. The molecule has 0 atom stereocenters. The smallest absolute Gasteiger partial charge is 0.330 e. The SMILES string of the molecule is CC(C)(C)[Si](C)(C)OC/C=C/C(=O)OCc1ccccc1. The highest BCUT2D eigenvalue weighted by Gasteiger charge is 2.36. The molecular weight excluding hydrogens is 280 g/mol. The van der Waals surface area contributed by atoms with E-state index < -0.39 is 8.32 Å². The molecule has 0 bridgehead atoms. The molecule has 0 unspecified atom stereocenters. The maximum absolute atomic E-state index is 11.6. The lowest BCUT2D eigenvalue weighted by Crippen LogP contribution is -2.40. The quantitative estimate of drug-likeness (QED) is 0.446. The van der Waals surface area contributed by atoms with Crippen LogP contribution in [0, 0.1) is 0 Å². The molecule has 0 aliphatic carbocycles. The van der Waals surface area contributed by atoms with E-state index in [9.17, 15) is 4.79 Å². The van der Waals surface area contributed by atoms with E-state index in [1.807, 2.05) is 30.3 Å². The minimum atomic E-state index is -1.75. The first kappa shape index (κ1) is 17.7. The molecular formula is C17H26O3Si. The molecule has 0 saturated heterocycles. The second-order valence-corrected chi connectivity index (χ2v) is 11.4. The Balaban J connectivity index is 2.32. The Morgan fingerprint density at radius 3 is 2.38 bits per heavy atom. The van der Waals surface area contributed by atoms with E-state index in [0.717, 1.165) is 5.56 Å². The number of carbonyl (C=O) groups excluding carboxylic acids is 1. The summed E-state index contributed by atoms with van der Waals surface area (Å²) in [6, 6.07) is 9.64. The Hall–Kier alpha value is -1.39. The Bertz CT molecular complexity index is 473. The molecule has 0 aliphatic rings. The summed E-state index contributed by atoms with van der Waals surface area (Å²) in [5.74, 6) is -0.335. The number of carbonyl (C=O) groups is 1. The average molecular weight is 306 g/mol. The standard InChI is InChI=1S/C17H26O3Si/c1-17(2,3)21(4,5)20-13-9-12-16(18)19-14-15-10-7-6-8-11-15/h6-12H,13-14H2,1-5H3/b12-9+. The third kappa shape index (κ3) is 6.27. The van der Waals surface area contributed by atoms with Gasteiger partial charge in [-0.05, 0) is 23.7 Å². The Morgan fingerprint density at radius 1 is 1.19 bits per heavy atom. The highest BCUT2D eigenvalue weighted by Crippen LogP contribution is 2.36. The van der Waals surface area contributed by atoms with Crippen LogP contribution in [0.1, 0.15) is 26.3 Å². The summed E-state index contributed by atoms with van der Waals surface area (Å²) in [5.41, 5.74) is 0.983. The lowest BCUT2D eigenvalue weighted by Gasteiger charge is -2.35. The molecule has 1 aromatic rings. The fraction of sp³-hybridized carbons (Fsp3) is 0.471. The van der Waals surface area contributed by atoms with E-state index >= 15 is 0 Å². The summed E-state index contributed by atoms with van der Waals surface area (Å²) < 4.78 is 11.1. The Kier molecular flexibility index (Phi) is 6.36. The summed E-state index contributed by atoms with van der Waals surface area (Å²) in [5, 5.41) is 0.175. The van der Waals surface area contributed by atoms with Gasteiger partial charge in [0.25, 0.3) is 0 Å². The fourth-order valence-corrected chi connectivity index (χ4v) is 2.34. The summed E-state index contributed by atoms with van der Waals surface area (Å²) >= 11 is 0. The van der Waals surface area contributed by atoms with Crippen LogP contribution >= 0.6 is 0 Å². The van der Waals surface area contributed by atoms with Crippen molar-refractivity contribution in [1.82, 2.24) is 0 Å². The molecule has 1 aromatic carbocycles. The first-order chi connectivity index (χ1) is 9.72. The van der Waals surface area contributed by atoms with Crippen LogP contribution in [0.5, 0.6) is 0 Å². The van der Waals surface area contributed by atoms with Gasteiger partial charge in [-0.25, -0.2) is 4.79 Å². The molecule has 0 heterocycles. The molecule has 21 heavy (non-hydrogen) atoms. The van der Waals surface area contributed by atoms with Gasteiger partial charge >= 0.3 is 5.97 Å². The number of hydrogen-bond acceptors (Lipinski definition) is 3. The van der Waals surface area contributed by atoms with Crippen molar-refractivity contribution in [3.8, 4) is 0 Å². The lowest BCUT2D eigenvalue weighted by molar-refractivity contribution is -0.139. The van der Waals surface area contributed by atoms with E-state index in [0.29, 0.717) is 13.2 Å². The van der Waals surface area contributed by atoms with Gasteiger partial charge in [-0.15, -0.1) is 0 Å². The highest BCUT2D eigenvalue weighted by molar-refractivity contribution is 6.74. The van der Waals surface area contributed by atoms with Crippen LogP contribution in [0.15, 0.2) is 42.5 Å². The molecule has 0 fully saturated rings. The number of hydrogen-bond donors (Lipinski definition) is 0. The second kappa shape index (κ2) is 7.57. The van der Waals surface area contributed by atoms with Crippen molar-refractivity contribution in [1.29, 1.82) is 0 Å². The molecule has 1 rings (SSSR count). The van der Waals surface area contributed by atoms with Crippen LogP contribution in [-0.4, -0.2) is 20.9 Å². The number of benzene rings is 1. The van der Waals surface area contributed by atoms with Crippen molar-refractivity contribution in [2.45, 2.75) is 45.5 Å². The van der Waals surface area contributed by atoms with Gasteiger partial charge in [0.05, 0.1) is 6.61 Å². The molecule has 0 spiro atoms. The van der Waals surface area contributed by atoms with Crippen molar-refractivity contribution in [3.63, 3.8) is 0 Å². The zero-order valence-electron chi connectivity index (χ0n) is 13.7. The van der Waals surface area contributed by atoms with Gasteiger partial charge in [0.2, 0.25) is 0 Å². The highest BCUT2D eigenvalue weighted by atomic mass is 28.4. The van der Waals surface area contributed by atoms with E-state index in [1.54, 1.807) is 6.08 Å². The van der Waals surface area contributed by atoms with Crippen LogP contribution in [0.4, 0.5) is 0 Å². The Labute approximate surface area is 129 Å². The normalized spacial score (nSPS) is 12.6. The summed E-state index contributed by atoms with van der Waals surface area (Å²) in [6.45, 7) is 11.7. The van der Waals surface area contributed by atoms with E-state index in [1.165, 1.54) is 6.08 Å². The molecule has 0 saturated carbocycles.